The first-order valence-corrected chi connectivity index (χ1v) is 5.78. The van der Waals surface area contributed by atoms with Crippen LogP contribution in [0.4, 0.5) is 0 Å². The van der Waals surface area contributed by atoms with Gasteiger partial charge in [-0.1, -0.05) is 29.8 Å². The molecule has 0 atom stereocenters. The number of benzene rings is 1. The van der Waals surface area contributed by atoms with Gasteiger partial charge in [0.1, 0.15) is 0 Å². The van der Waals surface area contributed by atoms with Gasteiger partial charge in [-0.25, -0.2) is 4.79 Å². The molecular weight excluding hydrogens is 230 g/mol. The molecule has 0 aliphatic rings. The summed E-state index contributed by atoms with van der Waals surface area (Å²) in [4.78, 5) is 23.7. The van der Waals surface area contributed by atoms with Crippen LogP contribution in [0.25, 0.3) is 0 Å². The Balaban J connectivity index is 2.69. The van der Waals surface area contributed by atoms with E-state index in [1.54, 1.807) is 4.90 Å². The molecule has 1 N–H and O–H groups in total. The molecule has 0 saturated heterocycles. The van der Waals surface area contributed by atoms with E-state index in [4.69, 9.17) is 5.11 Å². The molecule has 0 spiro atoms. The van der Waals surface area contributed by atoms with E-state index in [-0.39, 0.29) is 5.91 Å². The van der Waals surface area contributed by atoms with Crippen molar-refractivity contribution in [3.8, 4) is 0 Å². The highest BCUT2D eigenvalue weighted by Crippen LogP contribution is 2.07. The number of carboxylic acid groups (broad SMARTS) is 1. The van der Waals surface area contributed by atoms with Gasteiger partial charge in [-0.05, 0) is 19.4 Å². The van der Waals surface area contributed by atoms with Gasteiger partial charge in [0.2, 0.25) is 5.91 Å². The minimum absolute atomic E-state index is 0.291. The lowest BCUT2D eigenvalue weighted by Gasteiger charge is -2.19. The lowest BCUT2D eigenvalue weighted by molar-refractivity contribution is -0.132. The zero-order chi connectivity index (χ0) is 13.5. The number of rotatable bonds is 5. The molecule has 1 rings (SSSR count). The topological polar surface area (TPSA) is 57.6 Å². The van der Waals surface area contributed by atoms with E-state index < -0.39 is 5.97 Å². The summed E-state index contributed by atoms with van der Waals surface area (Å²) in [6.07, 6.45) is 1.94. The fourth-order valence-electron chi connectivity index (χ4n) is 1.51. The van der Waals surface area contributed by atoms with Crippen LogP contribution in [0.3, 0.4) is 0 Å². The van der Waals surface area contributed by atoms with E-state index >= 15 is 0 Å². The quantitative estimate of drug-likeness (QED) is 0.809. The molecule has 0 heterocycles. The number of hydrogen-bond acceptors (Lipinski definition) is 2. The number of nitrogens with zero attached hydrogens (tertiary/aromatic N) is 1. The first kappa shape index (κ1) is 14.0. The Morgan fingerprint density at radius 1 is 1.22 bits per heavy atom. The van der Waals surface area contributed by atoms with Gasteiger partial charge in [-0.3, -0.25) is 4.79 Å². The fourth-order valence-corrected chi connectivity index (χ4v) is 1.51. The number of amides is 1. The second-order valence-electron chi connectivity index (χ2n) is 4.01. The van der Waals surface area contributed by atoms with Crippen LogP contribution in [-0.2, 0) is 16.1 Å². The molecule has 0 fully saturated rings. The first-order valence-electron chi connectivity index (χ1n) is 5.78. The Labute approximate surface area is 107 Å². The van der Waals surface area contributed by atoms with Crippen molar-refractivity contribution in [2.45, 2.75) is 20.4 Å². The highest BCUT2D eigenvalue weighted by molar-refractivity contribution is 5.93. The van der Waals surface area contributed by atoms with Crippen LogP contribution >= 0.6 is 0 Å². The number of carbonyl (C=O) groups is 2. The van der Waals surface area contributed by atoms with Crippen LogP contribution in [0.1, 0.15) is 18.1 Å². The van der Waals surface area contributed by atoms with Gasteiger partial charge in [0.15, 0.2) is 0 Å². The summed E-state index contributed by atoms with van der Waals surface area (Å²) in [5, 5.41) is 8.48. The van der Waals surface area contributed by atoms with Gasteiger partial charge >= 0.3 is 5.97 Å². The molecule has 1 aromatic carbocycles. The molecule has 18 heavy (non-hydrogen) atoms. The van der Waals surface area contributed by atoms with Gasteiger partial charge in [-0.15, -0.1) is 0 Å². The number of hydrogen-bond donors (Lipinski definition) is 1. The maximum Gasteiger partial charge on any atom is 0.328 e. The van der Waals surface area contributed by atoms with Gasteiger partial charge in [0, 0.05) is 25.2 Å². The van der Waals surface area contributed by atoms with Crippen LogP contribution in [-0.4, -0.2) is 28.4 Å². The number of aliphatic carboxylic acids is 1. The summed E-state index contributed by atoms with van der Waals surface area (Å²) in [7, 11) is 0. The molecule has 0 unspecified atom stereocenters. The fraction of sp³-hybridized carbons (Fsp3) is 0.286. The summed E-state index contributed by atoms with van der Waals surface area (Å²) in [5.41, 5.74) is 2.19. The largest absolute Gasteiger partial charge is 0.478 e. The first-order chi connectivity index (χ1) is 8.52. The Bertz CT molecular complexity index is 449. The molecule has 0 aliphatic heterocycles. The van der Waals surface area contributed by atoms with Gasteiger partial charge < -0.3 is 10.0 Å². The van der Waals surface area contributed by atoms with Crippen molar-refractivity contribution >= 4 is 11.9 Å². The van der Waals surface area contributed by atoms with Crippen molar-refractivity contribution in [1.29, 1.82) is 0 Å². The lowest BCUT2D eigenvalue weighted by atomic mass is 10.1. The van der Waals surface area contributed by atoms with Crippen molar-refractivity contribution in [3.05, 3.63) is 47.5 Å². The van der Waals surface area contributed by atoms with Crippen molar-refractivity contribution in [3.63, 3.8) is 0 Å². The highest BCUT2D eigenvalue weighted by atomic mass is 16.4. The second-order valence-corrected chi connectivity index (χ2v) is 4.01. The molecule has 1 aromatic rings. The molecule has 4 nitrogen and oxygen atoms in total. The zero-order valence-corrected chi connectivity index (χ0v) is 10.6. The van der Waals surface area contributed by atoms with Crippen LogP contribution in [0.2, 0.25) is 0 Å². The average molecular weight is 247 g/mol. The standard InChI is InChI=1S/C14H17NO3/c1-3-15(13(16)8-9-14(17)18)10-12-6-4-11(2)5-7-12/h4-9H,3,10H2,1-2H3,(H,17,18)/b9-8+. The van der Waals surface area contributed by atoms with E-state index in [0.29, 0.717) is 13.1 Å². The number of likely N-dealkylation sites (N-methyl/N-ethyl adjacent to an activating group) is 1. The predicted molar refractivity (Wildman–Crippen MR) is 69.0 cm³/mol. The van der Waals surface area contributed by atoms with Crippen molar-refractivity contribution in [2.24, 2.45) is 0 Å². The van der Waals surface area contributed by atoms with E-state index in [9.17, 15) is 9.59 Å². The van der Waals surface area contributed by atoms with Crippen LogP contribution < -0.4 is 0 Å². The Morgan fingerprint density at radius 2 is 1.83 bits per heavy atom. The van der Waals surface area contributed by atoms with E-state index in [0.717, 1.165) is 17.7 Å². The number of carbonyl (C=O) groups excluding carboxylic acids is 1. The third-order valence-corrected chi connectivity index (χ3v) is 2.56. The maximum absolute atomic E-state index is 11.7. The van der Waals surface area contributed by atoms with E-state index in [2.05, 4.69) is 0 Å². The predicted octanol–water partition coefficient (Wildman–Crippen LogP) is 1.98. The molecule has 0 saturated carbocycles. The Morgan fingerprint density at radius 3 is 2.33 bits per heavy atom. The molecule has 0 bridgehead atoms. The van der Waals surface area contributed by atoms with Crippen LogP contribution in [0.15, 0.2) is 36.4 Å². The molecular formula is C14H17NO3. The molecule has 1 amide bonds. The number of aryl methyl sites for hydroxylation is 1. The maximum atomic E-state index is 11.7. The third-order valence-electron chi connectivity index (χ3n) is 2.56. The Hall–Kier alpha value is -2.10. The molecule has 96 valence electrons. The SMILES string of the molecule is CCN(Cc1ccc(C)cc1)C(=O)/C=C/C(=O)O. The molecule has 4 heteroatoms. The van der Waals surface area contributed by atoms with Gasteiger partial charge in [0.25, 0.3) is 0 Å². The monoisotopic (exact) mass is 247 g/mol. The second kappa shape index (κ2) is 6.59. The summed E-state index contributed by atoms with van der Waals surface area (Å²) < 4.78 is 0. The van der Waals surface area contributed by atoms with Crippen molar-refractivity contribution < 1.29 is 14.7 Å². The smallest absolute Gasteiger partial charge is 0.328 e. The third kappa shape index (κ3) is 4.41. The summed E-state index contributed by atoms with van der Waals surface area (Å²) in [6.45, 7) is 4.89. The van der Waals surface area contributed by atoms with Crippen LogP contribution in [0, 0.1) is 6.92 Å². The molecule has 0 aliphatic carbocycles. The molecule has 0 radical (unpaired) electrons. The van der Waals surface area contributed by atoms with Gasteiger partial charge in [0.05, 0.1) is 0 Å². The average Bonchev–Trinajstić information content (AvgIpc) is 2.35. The normalized spacial score (nSPS) is 10.6. The number of carboxylic acids is 1. The van der Waals surface area contributed by atoms with E-state index in [1.165, 1.54) is 5.56 Å². The zero-order valence-electron chi connectivity index (χ0n) is 10.6. The summed E-state index contributed by atoms with van der Waals surface area (Å²) in [5.74, 6) is -1.41. The minimum Gasteiger partial charge on any atom is -0.478 e. The lowest BCUT2D eigenvalue weighted by Crippen LogP contribution is -2.28. The van der Waals surface area contributed by atoms with Crippen LogP contribution in [0.5, 0.6) is 0 Å². The minimum atomic E-state index is -1.12. The van der Waals surface area contributed by atoms with Crippen molar-refractivity contribution in [1.82, 2.24) is 4.90 Å². The highest BCUT2D eigenvalue weighted by Gasteiger charge is 2.09. The van der Waals surface area contributed by atoms with E-state index in [1.807, 2.05) is 38.1 Å². The summed E-state index contributed by atoms with van der Waals surface area (Å²) in [6, 6.07) is 7.90. The van der Waals surface area contributed by atoms with Gasteiger partial charge in [-0.2, -0.15) is 0 Å². The summed E-state index contributed by atoms with van der Waals surface area (Å²) >= 11 is 0. The Kier molecular flexibility index (Phi) is 5.11. The van der Waals surface area contributed by atoms with Crippen molar-refractivity contribution in [2.75, 3.05) is 6.54 Å². The molecule has 0 aromatic heterocycles.